The van der Waals surface area contributed by atoms with Crippen molar-refractivity contribution in [3.63, 3.8) is 0 Å². The van der Waals surface area contributed by atoms with Crippen LogP contribution in [0, 0.1) is 0 Å². The summed E-state index contributed by atoms with van der Waals surface area (Å²) in [5.74, 6) is 0. The van der Waals surface area contributed by atoms with E-state index in [1.807, 2.05) is 24.3 Å². The highest BCUT2D eigenvalue weighted by Crippen LogP contribution is 2.46. The van der Waals surface area contributed by atoms with Crippen molar-refractivity contribution in [2.24, 2.45) is 0 Å². The number of anilines is 3. The lowest BCUT2D eigenvalue weighted by atomic mass is 9.91. The van der Waals surface area contributed by atoms with E-state index in [4.69, 9.17) is 8.83 Å². The van der Waals surface area contributed by atoms with Gasteiger partial charge in [0.1, 0.15) is 22.3 Å². The quantitative estimate of drug-likeness (QED) is 0.179. The van der Waals surface area contributed by atoms with E-state index in [0.29, 0.717) is 0 Å². The standard InChI is InChI=1S/C48H31NO2/c1-4-12-35(13-5-1)45-39(28-29-41-47-44(51-48(41)45)31-30-43-46(47)40-18-10-11-19-42(40)50-43)34-22-20-32(21-23-34)33-24-26-38(27-25-33)49(36-14-6-2-7-15-36)37-16-8-3-9-17-37/h1-31H. The summed E-state index contributed by atoms with van der Waals surface area (Å²) in [5, 5.41) is 4.37. The lowest BCUT2D eigenvalue weighted by Crippen LogP contribution is -2.09. The Kier molecular flexibility index (Phi) is 6.81. The zero-order valence-corrected chi connectivity index (χ0v) is 27.7. The van der Waals surface area contributed by atoms with Crippen molar-refractivity contribution in [3.05, 3.63) is 188 Å². The molecule has 0 aliphatic rings. The third kappa shape index (κ3) is 4.90. The fourth-order valence-corrected chi connectivity index (χ4v) is 7.52. The Morgan fingerprint density at radius 2 is 0.824 bits per heavy atom. The largest absolute Gasteiger partial charge is 0.456 e. The molecule has 0 spiro atoms. The van der Waals surface area contributed by atoms with Crippen LogP contribution in [0.4, 0.5) is 17.1 Å². The predicted molar refractivity (Wildman–Crippen MR) is 212 cm³/mol. The van der Waals surface area contributed by atoms with E-state index in [1.54, 1.807) is 0 Å². The van der Waals surface area contributed by atoms with Crippen LogP contribution in [0.15, 0.2) is 197 Å². The first-order valence-electron chi connectivity index (χ1n) is 17.3. The molecule has 0 amide bonds. The third-order valence-electron chi connectivity index (χ3n) is 9.89. The maximum atomic E-state index is 6.77. The van der Waals surface area contributed by atoms with E-state index >= 15 is 0 Å². The van der Waals surface area contributed by atoms with E-state index in [-0.39, 0.29) is 0 Å². The molecule has 2 aromatic heterocycles. The number of benzene rings is 8. The fourth-order valence-electron chi connectivity index (χ4n) is 7.52. The minimum absolute atomic E-state index is 0.857. The van der Waals surface area contributed by atoms with Crippen molar-refractivity contribution in [1.82, 2.24) is 0 Å². The maximum absolute atomic E-state index is 6.77. The van der Waals surface area contributed by atoms with E-state index in [1.165, 1.54) is 5.56 Å². The van der Waals surface area contributed by atoms with Crippen molar-refractivity contribution in [2.75, 3.05) is 4.90 Å². The number of fused-ring (bicyclic) bond motifs is 7. The average Bonchev–Trinajstić information content (AvgIpc) is 3.77. The summed E-state index contributed by atoms with van der Waals surface area (Å²) < 4.78 is 13.0. The minimum Gasteiger partial charge on any atom is -0.456 e. The van der Waals surface area contributed by atoms with Crippen molar-refractivity contribution < 1.29 is 8.83 Å². The van der Waals surface area contributed by atoms with Gasteiger partial charge in [-0.1, -0.05) is 127 Å². The monoisotopic (exact) mass is 653 g/mol. The molecular weight excluding hydrogens is 623 g/mol. The maximum Gasteiger partial charge on any atom is 0.143 e. The second-order valence-corrected chi connectivity index (χ2v) is 12.9. The second kappa shape index (κ2) is 11.9. The molecule has 8 aromatic carbocycles. The summed E-state index contributed by atoms with van der Waals surface area (Å²) >= 11 is 0. The number of hydrogen-bond donors (Lipinski definition) is 0. The van der Waals surface area contributed by atoms with Gasteiger partial charge in [0.25, 0.3) is 0 Å². The molecule has 0 bridgehead atoms. The highest BCUT2D eigenvalue weighted by Gasteiger charge is 2.21. The number of nitrogens with zero attached hydrogens (tertiary/aromatic N) is 1. The molecule has 0 fully saturated rings. The van der Waals surface area contributed by atoms with Crippen LogP contribution >= 0.6 is 0 Å². The lowest BCUT2D eigenvalue weighted by molar-refractivity contribution is 0.663. The zero-order chi connectivity index (χ0) is 33.7. The Morgan fingerprint density at radius 3 is 1.49 bits per heavy atom. The van der Waals surface area contributed by atoms with Crippen molar-refractivity contribution >= 4 is 60.9 Å². The molecule has 3 heteroatoms. The highest BCUT2D eigenvalue weighted by molar-refractivity contribution is 6.27. The summed E-state index contributed by atoms with van der Waals surface area (Å²) in [4.78, 5) is 2.28. The molecule has 240 valence electrons. The van der Waals surface area contributed by atoms with Gasteiger partial charge in [0, 0.05) is 44.2 Å². The predicted octanol–water partition coefficient (Wildman–Crippen LogP) is 14.0. The SMILES string of the molecule is c1ccc(-c2c(-c3ccc(-c4ccc(N(c5ccccc5)c5ccccc5)cc4)cc3)ccc3c2oc2ccc4oc5ccccc5c4c23)cc1. The van der Waals surface area contributed by atoms with Gasteiger partial charge < -0.3 is 13.7 Å². The van der Waals surface area contributed by atoms with Crippen molar-refractivity contribution in [2.45, 2.75) is 0 Å². The van der Waals surface area contributed by atoms with Gasteiger partial charge in [-0.25, -0.2) is 0 Å². The van der Waals surface area contributed by atoms with Crippen LogP contribution in [0.3, 0.4) is 0 Å². The fraction of sp³-hybridized carbons (Fsp3) is 0. The Bertz CT molecular complexity index is 2780. The molecular formula is C48H31NO2. The Morgan fingerprint density at radius 1 is 0.314 bits per heavy atom. The molecule has 0 aliphatic heterocycles. The number of para-hydroxylation sites is 3. The van der Waals surface area contributed by atoms with Crippen LogP contribution in [0.2, 0.25) is 0 Å². The summed E-state index contributed by atoms with van der Waals surface area (Å²) in [6, 6.07) is 66.0. The minimum atomic E-state index is 0.857. The summed E-state index contributed by atoms with van der Waals surface area (Å²) in [5.41, 5.74) is 13.6. The Hall–Kier alpha value is -6.84. The van der Waals surface area contributed by atoms with Crippen LogP contribution in [0.5, 0.6) is 0 Å². The van der Waals surface area contributed by atoms with Crippen molar-refractivity contribution in [3.8, 4) is 33.4 Å². The van der Waals surface area contributed by atoms with E-state index in [2.05, 4.69) is 169 Å². The molecule has 0 unspecified atom stereocenters. The molecule has 3 nitrogen and oxygen atoms in total. The molecule has 0 radical (unpaired) electrons. The van der Waals surface area contributed by atoms with Crippen molar-refractivity contribution in [1.29, 1.82) is 0 Å². The summed E-state index contributed by atoms with van der Waals surface area (Å²) in [6.07, 6.45) is 0. The first-order chi connectivity index (χ1) is 25.3. The zero-order valence-electron chi connectivity index (χ0n) is 27.7. The van der Waals surface area contributed by atoms with Crippen LogP contribution in [-0.4, -0.2) is 0 Å². The van der Waals surface area contributed by atoms with E-state index in [0.717, 1.165) is 88.8 Å². The molecule has 10 rings (SSSR count). The third-order valence-corrected chi connectivity index (χ3v) is 9.89. The first kappa shape index (κ1) is 29.1. The van der Waals surface area contributed by atoms with Gasteiger partial charge in [-0.05, 0) is 88.5 Å². The molecule has 10 aromatic rings. The summed E-state index contributed by atoms with van der Waals surface area (Å²) in [6.45, 7) is 0. The topological polar surface area (TPSA) is 29.5 Å². The van der Waals surface area contributed by atoms with Gasteiger partial charge >= 0.3 is 0 Å². The number of rotatable bonds is 6. The van der Waals surface area contributed by atoms with Crippen LogP contribution < -0.4 is 4.90 Å². The second-order valence-electron chi connectivity index (χ2n) is 12.9. The smallest absolute Gasteiger partial charge is 0.143 e. The van der Waals surface area contributed by atoms with Gasteiger partial charge in [-0.15, -0.1) is 0 Å². The highest BCUT2D eigenvalue weighted by atomic mass is 16.3. The van der Waals surface area contributed by atoms with E-state index in [9.17, 15) is 0 Å². The first-order valence-corrected chi connectivity index (χ1v) is 17.3. The number of furan rings is 2. The molecule has 0 saturated carbocycles. The van der Waals surface area contributed by atoms with Gasteiger partial charge in [-0.3, -0.25) is 0 Å². The molecule has 0 N–H and O–H groups in total. The normalized spacial score (nSPS) is 11.5. The molecule has 0 saturated heterocycles. The van der Waals surface area contributed by atoms with E-state index < -0.39 is 0 Å². The van der Waals surface area contributed by atoms with Gasteiger partial charge in [0.2, 0.25) is 0 Å². The molecule has 51 heavy (non-hydrogen) atoms. The van der Waals surface area contributed by atoms with Crippen LogP contribution in [0.1, 0.15) is 0 Å². The lowest BCUT2D eigenvalue weighted by Gasteiger charge is -2.25. The number of hydrogen-bond acceptors (Lipinski definition) is 3. The van der Waals surface area contributed by atoms with Gasteiger partial charge in [-0.2, -0.15) is 0 Å². The Labute approximate surface area is 295 Å². The van der Waals surface area contributed by atoms with Gasteiger partial charge in [0.15, 0.2) is 0 Å². The molecule has 0 atom stereocenters. The van der Waals surface area contributed by atoms with Gasteiger partial charge in [0.05, 0.1) is 0 Å². The van der Waals surface area contributed by atoms with Crippen LogP contribution in [-0.2, 0) is 0 Å². The molecule has 0 aliphatic carbocycles. The Balaban J connectivity index is 1.06. The molecule has 2 heterocycles. The van der Waals surface area contributed by atoms with Crippen LogP contribution in [0.25, 0.3) is 77.3 Å². The average molecular weight is 654 g/mol. The summed E-state index contributed by atoms with van der Waals surface area (Å²) in [7, 11) is 0.